The molecule has 2 rings (SSSR count). The Morgan fingerprint density at radius 1 is 1.47 bits per heavy atom. The Morgan fingerprint density at radius 2 is 2.18 bits per heavy atom. The first-order valence-corrected chi connectivity index (χ1v) is 5.78. The summed E-state index contributed by atoms with van der Waals surface area (Å²) in [4.78, 5) is 12.2. The second-order valence-corrected chi connectivity index (χ2v) is 4.61. The molecule has 0 unspecified atom stereocenters. The summed E-state index contributed by atoms with van der Waals surface area (Å²) in [6.45, 7) is 1.63. The maximum absolute atomic E-state index is 13.1. The van der Waals surface area contributed by atoms with E-state index in [0.717, 1.165) is 0 Å². The molecular weight excluding hydrogens is 287 g/mol. The summed E-state index contributed by atoms with van der Waals surface area (Å²) in [5.41, 5.74) is 1.36. The van der Waals surface area contributed by atoms with E-state index in [9.17, 15) is 9.18 Å². The highest BCUT2D eigenvalue weighted by molar-refractivity contribution is 9.10. The summed E-state index contributed by atoms with van der Waals surface area (Å²) in [7, 11) is 1.69. The lowest BCUT2D eigenvalue weighted by atomic mass is 10.1. The first kappa shape index (κ1) is 12.0. The predicted molar refractivity (Wildman–Crippen MR) is 65.5 cm³/mol. The van der Waals surface area contributed by atoms with E-state index in [-0.39, 0.29) is 11.6 Å². The van der Waals surface area contributed by atoms with Crippen molar-refractivity contribution in [2.75, 3.05) is 0 Å². The standard InChI is InChI=1S/C12H10BrFN2O/c1-7-5-8(3-4-10(7)14)12(17)11-9(13)6-15-16(11)2/h3-6H,1-2H3. The molecule has 2 aromatic rings. The number of carbonyl (C=O) groups excluding carboxylic acids is 1. The second kappa shape index (κ2) is 4.41. The third-order valence-electron chi connectivity index (χ3n) is 2.53. The Morgan fingerprint density at radius 3 is 2.71 bits per heavy atom. The van der Waals surface area contributed by atoms with Crippen LogP contribution in [0.5, 0.6) is 0 Å². The van der Waals surface area contributed by atoms with Crippen LogP contribution in [-0.2, 0) is 7.05 Å². The number of aromatic nitrogens is 2. The van der Waals surface area contributed by atoms with Gasteiger partial charge in [0.15, 0.2) is 0 Å². The minimum atomic E-state index is -0.314. The van der Waals surface area contributed by atoms with E-state index in [0.29, 0.717) is 21.3 Å². The predicted octanol–water partition coefficient (Wildman–Crippen LogP) is 2.86. The van der Waals surface area contributed by atoms with Gasteiger partial charge in [-0.1, -0.05) is 0 Å². The largest absolute Gasteiger partial charge is 0.287 e. The van der Waals surface area contributed by atoms with E-state index in [1.807, 2.05) is 0 Å². The van der Waals surface area contributed by atoms with Crippen LogP contribution >= 0.6 is 15.9 Å². The van der Waals surface area contributed by atoms with Gasteiger partial charge in [0.2, 0.25) is 5.78 Å². The van der Waals surface area contributed by atoms with E-state index in [1.165, 1.54) is 22.9 Å². The molecule has 0 bridgehead atoms. The number of carbonyl (C=O) groups is 1. The van der Waals surface area contributed by atoms with Crippen molar-refractivity contribution in [3.05, 3.63) is 51.5 Å². The van der Waals surface area contributed by atoms with Gasteiger partial charge in [-0.15, -0.1) is 0 Å². The molecule has 0 aliphatic heterocycles. The molecule has 0 radical (unpaired) electrons. The molecule has 0 fully saturated rings. The van der Waals surface area contributed by atoms with Crippen LogP contribution in [0.3, 0.4) is 0 Å². The first-order valence-electron chi connectivity index (χ1n) is 4.99. The van der Waals surface area contributed by atoms with Crippen LogP contribution in [0.15, 0.2) is 28.9 Å². The third kappa shape index (κ3) is 2.15. The number of rotatable bonds is 2. The molecule has 0 saturated heterocycles. The topological polar surface area (TPSA) is 34.9 Å². The molecular formula is C12H10BrFN2O. The van der Waals surface area contributed by atoms with Gasteiger partial charge in [0, 0.05) is 12.6 Å². The second-order valence-electron chi connectivity index (χ2n) is 3.76. The fourth-order valence-electron chi connectivity index (χ4n) is 1.59. The van der Waals surface area contributed by atoms with Crippen molar-refractivity contribution in [2.24, 2.45) is 7.05 Å². The van der Waals surface area contributed by atoms with Crippen molar-refractivity contribution in [3.63, 3.8) is 0 Å². The highest BCUT2D eigenvalue weighted by Crippen LogP contribution is 2.20. The lowest BCUT2D eigenvalue weighted by Crippen LogP contribution is -2.09. The van der Waals surface area contributed by atoms with Gasteiger partial charge >= 0.3 is 0 Å². The molecule has 0 aliphatic carbocycles. The lowest BCUT2D eigenvalue weighted by Gasteiger charge is -2.04. The van der Waals surface area contributed by atoms with E-state index < -0.39 is 0 Å². The summed E-state index contributed by atoms with van der Waals surface area (Å²) >= 11 is 3.27. The Kier molecular flexibility index (Phi) is 3.11. The van der Waals surface area contributed by atoms with Crippen LogP contribution in [0.2, 0.25) is 0 Å². The van der Waals surface area contributed by atoms with Crippen LogP contribution in [0.4, 0.5) is 4.39 Å². The van der Waals surface area contributed by atoms with Crippen LogP contribution < -0.4 is 0 Å². The van der Waals surface area contributed by atoms with Gasteiger partial charge < -0.3 is 0 Å². The molecule has 0 atom stereocenters. The SMILES string of the molecule is Cc1cc(C(=O)c2c(Br)cnn2C)ccc1F. The van der Waals surface area contributed by atoms with E-state index >= 15 is 0 Å². The number of halogens is 2. The maximum atomic E-state index is 13.1. The molecule has 1 heterocycles. The summed E-state index contributed by atoms with van der Waals surface area (Å²) in [6.07, 6.45) is 1.56. The minimum absolute atomic E-state index is 0.181. The Bertz CT molecular complexity index is 573. The van der Waals surface area contributed by atoms with Crippen molar-refractivity contribution in [1.82, 2.24) is 9.78 Å². The number of benzene rings is 1. The zero-order chi connectivity index (χ0) is 12.6. The van der Waals surface area contributed by atoms with Crippen LogP contribution in [-0.4, -0.2) is 15.6 Å². The molecule has 88 valence electrons. The highest BCUT2D eigenvalue weighted by atomic mass is 79.9. The van der Waals surface area contributed by atoms with Gasteiger partial charge in [0.1, 0.15) is 11.5 Å². The Balaban J connectivity index is 2.48. The van der Waals surface area contributed by atoms with Crippen molar-refractivity contribution in [2.45, 2.75) is 6.92 Å². The zero-order valence-corrected chi connectivity index (χ0v) is 11.0. The maximum Gasteiger partial charge on any atom is 0.212 e. The fourth-order valence-corrected chi connectivity index (χ4v) is 2.12. The number of hydrogen-bond acceptors (Lipinski definition) is 2. The summed E-state index contributed by atoms with van der Waals surface area (Å²) in [5.74, 6) is -0.495. The van der Waals surface area contributed by atoms with Crippen LogP contribution in [0.25, 0.3) is 0 Å². The quantitative estimate of drug-likeness (QED) is 0.799. The van der Waals surface area contributed by atoms with Crippen molar-refractivity contribution in [1.29, 1.82) is 0 Å². The van der Waals surface area contributed by atoms with Gasteiger partial charge in [-0.2, -0.15) is 5.10 Å². The number of aryl methyl sites for hydroxylation is 2. The van der Waals surface area contributed by atoms with Gasteiger partial charge in [0.05, 0.1) is 10.7 Å². The van der Waals surface area contributed by atoms with E-state index in [1.54, 1.807) is 20.2 Å². The van der Waals surface area contributed by atoms with Crippen molar-refractivity contribution >= 4 is 21.7 Å². The van der Waals surface area contributed by atoms with Crippen molar-refractivity contribution < 1.29 is 9.18 Å². The molecule has 1 aromatic heterocycles. The average molecular weight is 297 g/mol. The Labute approximate surface area is 106 Å². The summed E-state index contributed by atoms with van der Waals surface area (Å²) in [6, 6.07) is 4.31. The van der Waals surface area contributed by atoms with Crippen LogP contribution in [0.1, 0.15) is 21.6 Å². The molecule has 5 heteroatoms. The average Bonchev–Trinajstić information content (AvgIpc) is 2.62. The smallest absolute Gasteiger partial charge is 0.212 e. The molecule has 0 aliphatic rings. The fraction of sp³-hybridized carbons (Fsp3) is 0.167. The minimum Gasteiger partial charge on any atom is -0.287 e. The normalized spacial score (nSPS) is 10.6. The van der Waals surface area contributed by atoms with Crippen molar-refractivity contribution in [3.8, 4) is 0 Å². The van der Waals surface area contributed by atoms with Crippen LogP contribution in [0, 0.1) is 12.7 Å². The highest BCUT2D eigenvalue weighted by Gasteiger charge is 2.17. The van der Waals surface area contributed by atoms with Gasteiger partial charge in [0.25, 0.3) is 0 Å². The number of ketones is 1. The van der Waals surface area contributed by atoms with Gasteiger partial charge in [-0.25, -0.2) is 4.39 Å². The number of hydrogen-bond donors (Lipinski definition) is 0. The van der Waals surface area contributed by atoms with E-state index in [4.69, 9.17) is 0 Å². The number of nitrogens with zero attached hydrogens (tertiary/aromatic N) is 2. The van der Waals surface area contributed by atoms with Gasteiger partial charge in [-0.3, -0.25) is 9.48 Å². The Hall–Kier alpha value is -1.49. The monoisotopic (exact) mass is 296 g/mol. The van der Waals surface area contributed by atoms with E-state index in [2.05, 4.69) is 21.0 Å². The molecule has 0 amide bonds. The molecule has 1 aromatic carbocycles. The van der Waals surface area contributed by atoms with Gasteiger partial charge in [-0.05, 0) is 46.6 Å². The summed E-state index contributed by atoms with van der Waals surface area (Å²) in [5, 5.41) is 3.98. The molecule has 17 heavy (non-hydrogen) atoms. The molecule has 0 N–H and O–H groups in total. The summed E-state index contributed by atoms with van der Waals surface area (Å²) < 4.78 is 15.2. The third-order valence-corrected chi connectivity index (χ3v) is 3.11. The zero-order valence-electron chi connectivity index (χ0n) is 9.37. The first-order chi connectivity index (χ1) is 8.00. The molecule has 0 saturated carbocycles. The molecule has 3 nitrogen and oxygen atoms in total. The lowest BCUT2D eigenvalue weighted by molar-refractivity contribution is 0.102. The molecule has 0 spiro atoms.